The molecule has 0 aromatic heterocycles. The molecule has 20 heavy (non-hydrogen) atoms. The van der Waals surface area contributed by atoms with Crippen LogP contribution in [0.2, 0.25) is 0 Å². The van der Waals surface area contributed by atoms with E-state index in [2.05, 4.69) is 52.1 Å². The molecule has 114 valence electrons. The molecule has 2 nitrogen and oxygen atoms in total. The van der Waals surface area contributed by atoms with E-state index in [0.717, 1.165) is 18.9 Å². The van der Waals surface area contributed by atoms with Crippen molar-refractivity contribution in [2.75, 3.05) is 13.2 Å². The summed E-state index contributed by atoms with van der Waals surface area (Å²) in [7, 11) is 0. The Kier molecular flexibility index (Phi) is 7.68. The number of nitrogens with one attached hydrogen (secondary N) is 1. The second kappa shape index (κ2) is 9.02. The van der Waals surface area contributed by atoms with Gasteiger partial charge in [0.05, 0.1) is 0 Å². The third-order valence-electron chi connectivity index (χ3n) is 3.86. The fraction of sp³-hybridized carbons (Fsp3) is 0.667. The lowest BCUT2D eigenvalue weighted by atomic mass is 10.1. The van der Waals surface area contributed by atoms with Gasteiger partial charge in [0.1, 0.15) is 12.4 Å². The Bertz CT molecular complexity index is 401. The summed E-state index contributed by atoms with van der Waals surface area (Å²) in [6.07, 6.45) is 5.21. The van der Waals surface area contributed by atoms with E-state index in [4.69, 9.17) is 4.74 Å². The SMILES string of the molecule is CCCCCC(C)NCCOc1cc(C)cc(C)c1C. The third kappa shape index (κ3) is 5.96. The summed E-state index contributed by atoms with van der Waals surface area (Å²) in [5, 5.41) is 3.54. The summed E-state index contributed by atoms with van der Waals surface area (Å²) >= 11 is 0. The van der Waals surface area contributed by atoms with Crippen LogP contribution in [0.5, 0.6) is 5.75 Å². The Hall–Kier alpha value is -1.02. The van der Waals surface area contributed by atoms with Crippen LogP contribution >= 0.6 is 0 Å². The Morgan fingerprint density at radius 3 is 2.60 bits per heavy atom. The van der Waals surface area contributed by atoms with Crippen LogP contribution in [0.15, 0.2) is 12.1 Å². The van der Waals surface area contributed by atoms with Crippen molar-refractivity contribution in [2.45, 2.75) is 66.3 Å². The minimum Gasteiger partial charge on any atom is -0.492 e. The normalized spacial score (nSPS) is 12.4. The first-order chi connectivity index (χ1) is 9.54. The van der Waals surface area contributed by atoms with Gasteiger partial charge in [0.15, 0.2) is 0 Å². The number of hydrogen-bond donors (Lipinski definition) is 1. The van der Waals surface area contributed by atoms with Crippen molar-refractivity contribution >= 4 is 0 Å². The minimum atomic E-state index is 0.588. The van der Waals surface area contributed by atoms with Crippen LogP contribution in [0, 0.1) is 20.8 Å². The van der Waals surface area contributed by atoms with Crippen LogP contribution in [0.4, 0.5) is 0 Å². The second-order valence-corrected chi connectivity index (χ2v) is 5.90. The maximum atomic E-state index is 5.91. The largest absolute Gasteiger partial charge is 0.492 e. The van der Waals surface area contributed by atoms with Crippen molar-refractivity contribution < 1.29 is 4.74 Å². The fourth-order valence-electron chi connectivity index (χ4n) is 2.42. The highest BCUT2D eigenvalue weighted by Crippen LogP contribution is 2.23. The average molecular weight is 277 g/mol. The highest BCUT2D eigenvalue weighted by Gasteiger charge is 2.04. The molecular formula is C18H31NO. The zero-order valence-corrected chi connectivity index (χ0v) is 13.9. The highest BCUT2D eigenvalue weighted by molar-refractivity contribution is 5.41. The summed E-state index contributed by atoms with van der Waals surface area (Å²) in [6, 6.07) is 4.92. The molecule has 0 aliphatic heterocycles. The molecule has 0 heterocycles. The van der Waals surface area contributed by atoms with Crippen LogP contribution in [0.1, 0.15) is 56.2 Å². The van der Waals surface area contributed by atoms with Gasteiger partial charge >= 0.3 is 0 Å². The summed E-state index contributed by atoms with van der Waals surface area (Å²) in [6.45, 7) is 12.6. The van der Waals surface area contributed by atoms with E-state index in [9.17, 15) is 0 Å². The summed E-state index contributed by atoms with van der Waals surface area (Å²) < 4.78 is 5.91. The van der Waals surface area contributed by atoms with E-state index in [-0.39, 0.29) is 0 Å². The zero-order chi connectivity index (χ0) is 15.0. The molecule has 0 saturated heterocycles. The molecule has 1 N–H and O–H groups in total. The van der Waals surface area contributed by atoms with Crippen molar-refractivity contribution in [3.8, 4) is 5.75 Å². The van der Waals surface area contributed by atoms with Gasteiger partial charge in [0.2, 0.25) is 0 Å². The van der Waals surface area contributed by atoms with Gasteiger partial charge in [-0.05, 0) is 56.9 Å². The van der Waals surface area contributed by atoms with E-state index < -0.39 is 0 Å². The molecule has 2 heteroatoms. The maximum Gasteiger partial charge on any atom is 0.122 e. The van der Waals surface area contributed by atoms with Crippen LogP contribution < -0.4 is 10.1 Å². The third-order valence-corrected chi connectivity index (χ3v) is 3.86. The van der Waals surface area contributed by atoms with Crippen molar-refractivity contribution in [2.24, 2.45) is 0 Å². The first-order valence-electron chi connectivity index (χ1n) is 7.98. The zero-order valence-electron chi connectivity index (χ0n) is 13.9. The Balaban J connectivity index is 2.27. The number of aryl methyl sites for hydroxylation is 2. The Morgan fingerprint density at radius 1 is 1.15 bits per heavy atom. The molecule has 0 spiro atoms. The molecule has 1 unspecified atom stereocenters. The molecule has 0 amide bonds. The van der Waals surface area contributed by atoms with E-state index in [0.29, 0.717) is 6.04 Å². The van der Waals surface area contributed by atoms with Crippen LogP contribution in [0.25, 0.3) is 0 Å². The predicted molar refractivity (Wildman–Crippen MR) is 87.8 cm³/mol. The van der Waals surface area contributed by atoms with Crippen LogP contribution in [0.3, 0.4) is 0 Å². The maximum absolute atomic E-state index is 5.91. The number of benzene rings is 1. The van der Waals surface area contributed by atoms with Crippen molar-refractivity contribution in [1.29, 1.82) is 0 Å². The quantitative estimate of drug-likeness (QED) is 0.669. The number of rotatable bonds is 9. The predicted octanol–water partition coefficient (Wildman–Crippen LogP) is 4.55. The van der Waals surface area contributed by atoms with E-state index in [1.165, 1.54) is 42.4 Å². The van der Waals surface area contributed by atoms with Gasteiger partial charge in [0, 0.05) is 12.6 Å². The molecule has 0 fully saturated rings. The second-order valence-electron chi connectivity index (χ2n) is 5.90. The number of hydrogen-bond acceptors (Lipinski definition) is 2. The van der Waals surface area contributed by atoms with Crippen molar-refractivity contribution in [1.82, 2.24) is 5.32 Å². The fourth-order valence-corrected chi connectivity index (χ4v) is 2.42. The number of ether oxygens (including phenoxy) is 1. The molecule has 0 radical (unpaired) electrons. The smallest absolute Gasteiger partial charge is 0.122 e. The molecule has 1 aromatic rings. The monoisotopic (exact) mass is 277 g/mol. The van der Waals surface area contributed by atoms with Gasteiger partial charge in [0.25, 0.3) is 0 Å². The molecule has 1 atom stereocenters. The average Bonchev–Trinajstić information content (AvgIpc) is 2.40. The molecule has 0 bridgehead atoms. The lowest BCUT2D eigenvalue weighted by molar-refractivity contribution is 0.302. The molecule has 1 rings (SSSR count). The van der Waals surface area contributed by atoms with Crippen molar-refractivity contribution in [3.05, 3.63) is 28.8 Å². The first-order valence-corrected chi connectivity index (χ1v) is 7.98. The van der Waals surface area contributed by atoms with E-state index >= 15 is 0 Å². The minimum absolute atomic E-state index is 0.588. The first kappa shape index (κ1) is 17.0. The summed E-state index contributed by atoms with van der Waals surface area (Å²) in [5.74, 6) is 1.03. The summed E-state index contributed by atoms with van der Waals surface area (Å²) in [4.78, 5) is 0. The topological polar surface area (TPSA) is 21.3 Å². The van der Waals surface area contributed by atoms with E-state index in [1.807, 2.05) is 0 Å². The Labute approximate surface area is 124 Å². The molecule has 0 aliphatic carbocycles. The lowest BCUT2D eigenvalue weighted by Crippen LogP contribution is -2.30. The van der Waals surface area contributed by atoms with Gasteiger partial charge < -0.3 is 10.1 Å². The van der Waals surface area contributed by atoms with Crippen molar-refractivity contribution in [3.63, 3.8) is 0 Å². The lowest BCUT2D eigenvalue weighted by Gasteiger charge is -2.15. The number of unbranched alkanes of at least 4 members (excludes halogenated alkanes) is 2. The van der Waals surface area contributed by atoms with Gasteiger partial charge in [-0.3, -0.25) is 0 Å². The molecule has 1 aromatic carbocycles. The van der Waals surface area contributed by atoms with Gasteiger partial charge in [-0.2, -0.15) is 0 Å². The summed E-state index contributed by atoms with van der Waals surface area (Å²) in [5.41, 5.74) is 3.83. The van der Waals surface area contributed by atoms with Gasteiger partial charge in [-0.25, -0.2) is 0 Å². The molecular weight excluding hydrogens is 246 g/mol. The van der Waals surface area contributed by atoms with E-state index in [1.54, 1.807) is 0 Å². The van der Waals surface area contributed by atoms with Gasteiger partial charge in [-0.1, -0.05) is 32.3 Å². The molecule has 0 saturated carbocycles. The standard InChI is InChI=1S/C18H31NO/c1-6-7-8-9-16(4)19-10-11-20-18-13-14(2)12-15(3)17(18)5/h12-13,16,19H,6-11H2,1-5H3. The Morgan fingerprint density at radius 2 is 1.90 bits per heavy atom. The van der Waals surface area contributed by atoms with Crippen LogP contribution in [-0.2, 0) is 0 Å². The highest BCUT2D eigenvalue weighted by atomic mass is 16.5. The van der Waals surface area contributed by atoms with Crippen LogP contribution in [-0.4, -0.2) is 19.2 Å². The van der Waals surface area contributed by atoms with Gasteiger partial charge in [-0.15, -0.1) is 0 Å². The molecule has 0 aliphatic rings.